The van der Waals surface area contributed by atoms with Crippen molar-refractivity contribution in [3.05, 3.63) is 5.28 Å². The zero-order chi connectivity index (χ0) is 14.7. The molecule has 0 amide bonds. The summed E-state index contributed by atoms with van der Waals surface area (Å²) in [5.41, 5.74) is -0.773. The second kappa shape index (κ2) is 6.29. The predicted octanol–water partition coefficient (Wildman–Crippen LogP) is 1.08. The van der Waals surface area contributed by atoms with E-state index in [9.17, 15) is 5.11 Å². The molecule has 3 heterocycles. The van der Waals surface area contributed by atoms with Crippen molar-refractivity contribution in [1.82, 2.24) is 15.0 Å². The van der Waals surface area contributed by atoms with Crippen molar-refractivity contribution in [2.45, 2.75) is 31.3 Å². The van der Waals surface area contributed by atoms with E-state index in [2.05, 4.69) is 25.2 Å². The fourth-order valence-electron chi connectivity index (χ4n) is 2.65. The topological polar surface area (TPSA) is 83.4 Å². The van der Waals surface area contributed by atoms with Crippen molar-refractivity contribution in [2.75, 3.05) is 43.1 Å². The number of nitrogens with one attached hydrogen (secondary N) is 1. The van der Waals surface area contributed by atoms with Crippen LogP contribution in [0, 0.1) is 0 Å². The molecule has 0 bridgehead atoms. The largest absolute Gasteiger partial charge is 0.388 e. The molecule has 2 aliphatic heterocycles. The zero-order valence-corrected chi connectivity index (χ0v) is 12.6. The molecule has 3 rings (SSSR count). The number of hydrogen-bond donors (Lipinski definition) is 2. The monoisotopic (exact) mass is 313 g/mol. The van der Waals surface area contributed by atoms with Crippen LogP contribution >= 0.6 is 11.6 Å². The lowest BCUT2D eigenvalue weighted by atomic mass is 9.94. The molecule has 1 aromatic heterocycles. The van der Waals surface area contributed by atoms with Gasteiger partial charge in [0.05, 0.1) is 5.60 Å². The lowest BCUT2D eigenvalue weighted by Crippen LogP contribution is -2.42. The summed E-state index contributed by atoms with van der Waals surface area (Å²) in [4.78, 5) is 14.8. The Labute approximate surface area is 128 Å². The summed E-state index contributed by atoms with van der Waals surface area (Å²) in [6.45, 7) is 3.43. The third kappa shape index (κ3) is 3.72. The molecule has 0 aliphatic carbocycles. The molecule has 0 spiro atoms. The Morgan fingerprint density at radius 3 is 2.62 bits per heavy atom. The van der Waals surface area contributed by atoms with Gasteiger partial charge in [-0.05, 0) is 24.4 Å². The average Bonchev–Trinajstić information content (AvgIpc) is 3.00. The average molecular weight is 314 g/mol. The third-order valence-corrected chi connectivity index (χ3v) is 4.15. The van der Waals surface area contributed by atoms with Crippen LogP contribution in [-0.2, 0) is 4.74 Å². The van der Waals surface area contributed by atoms with Gasteiger partial charge in [0, 0.05) is 45.7 Å². The minimum atomic E-state index is -0.773. The molecule has 2 N–H and O–H groups in total. The number of hydrogen-bond acceptors (Lipinski definition) is 7. The van der Waals surface area contributed by atoms with Gasteiger partial charge in [-0.25, -0.2) is 0 Å². The van der Waals surface area contributed by atoms with Gasteiger partial charge in [0.25, 0.3) is 0 Å². The van der Waals surface area contributed by atoms with E-state index in [1.54, 1.807) is 0 Å². The number of halogens is 1. The maximum atomic E-state index is 10.4. The Morgan fingerprint density at radius 2 is 1.90 bits per heavy atom. The van der Waals surface area contributed by atoms with Crippen LogP contribution in [0.2, 0.25) is 5.28 Å². The molecule has 0 aromatic carbocycles. The first-order valence-electron chi connectivity index (χ1n) is 7.35. The van der Waals surface area contributed by atoms with Crippen LogP contribution < -0.4 is 10.2 Å². The molecule has 1 aromatic rings. The van der Waals surface area contributed by atoms with E-state index in [1.807, 2.05) is 0 Å². The zero-order valence-electron chi connectivity index (χ0n) is 11.9. The molecule has 7 nitrogen and oxygen atoms in total. The molecule has 0 saturated carbocycles. The van der Waals surface area contributed by atoms with E-state index in [0.717, 1.165) is 25.9 Å². The number of nitrogens with zero attached hydrogens (tertiary/aromatic N) is 4. The first kappa shape index (κ1) is 14.7. The van der Waals surface area contributed by atoms with E-state index in [1.165, 1.54) is 0 Å². The maximum Gasteiger partial charge on any atom is 0.231 e. The summed E-state index contributed by atoms with van der Waals surface area (Å²) < 4.78 is 5.27. The van der Waals surface area contributed by atoms with Crippen LogP contribution in [0.4, 0.5) is 11.9 Å². The molecule has 116 valence electrons. The number of aromatic nitrogens is 3. The predicted molar refractivity (Wildman–Crippen MR) is 79.8 cm³/mol. The molecule has 8 heteroatoms. The highest BCUT2D eigenvalue weighted by Gasteiger charge is 2.30. The quantitative estimate of drug-likeness (QED) is 0.860. The summed E-state index contributed by atoms with van der Waals surface area (Å²) in [6.07, 6.45) is 3.51. The van der Waals surface area contributed by atoms with Crippen molar-refractivity contribution in [1.29, 1.82) is 0 Å². The van der Waals surface area contributed by atoms with Crippen molar-refractivity contribution in [3.8, 4) is 0 Å². The molecule has 0 unspecified atom stereocenters. The summed E-state index contributed by atoms with van der Waals surface area (Å²) >= 11 is 5.97. The molecule has 0 radical (unpaired) electrons. The van der Waals surface area contributed by atoms with Crippen LogP contribution in [0.1, 0.15) is 25.7 Å². The number of rotatable bonds is 4. The minimum absolute atomic E-state index is 0.174. The van der Waals surface area contributed by atoms with Gasteiger partial charge >= 0.3 is 0 Å². The van der Waals surface area contributed by atoms with Gasteiger partial charge in [0.2, 0.25) is 17.2 Å². The van der Waals surface area contributed by atoms with Crippen LogP contribution in [0.5, 0.6) is 0 Å². The third-order valence-electron chi connectivity index (χ3n) is 3.98. The molecular weight excluding hydrogens is 294 g/mol. The first-order chi connectivity index (χ1) is 10.1. The van der Waals surface area contributed by atoms with Gasteiger partial charge in [-0.2, -0.15) is 15.0 Å². The van der Waals surface area contributed by atoms with Crippen molar-refractivity contribution < 1.29 is 9.84 Å². The Morgan fingerprint density at radius 1 is 1.19 bits per heavy atom. The smallest absolute Gasteiger partial charge is 0.231 e. The summed E-state index contributed by atoms with van der Waals surface area (Å²) in [6, 6.07) is 0. The van der Waals surface area contributed by atoms with Crippen LogP contribution in [0.3, 0.4) is 0 Å². The van der Waals surface area contributed by atoms with Gasteiger partial charge < -0.3 is 20.1 Å². The molecule has 0 atom stereocenters. The fourth-order valence-corrected chi connectivity index (χ4v) is 2.80. The number of aliphatic hydroxyl groups is 1. The highest BCUT2D eigenvalue weighted by Crippen LogP contribution is 2.22. The number of ether oxygens (including phenoxy) is 1. The lowest BCUT2D eigenvalue weighted by molar-refractivity contribution is -0.0544. The highest BCUT2D eigenvalue weighted by atomic mass is 35.5. The van der Waals surface area contributed by atoms with Crippen molar-refractivity contribution in [2.24, 2.45) is 0 Å². The molecule has 2 saturated heterocycles. The van der Waals surface area contributed by atoms with Crippen LogP contribution in [0.25, 0.3) is 0 Å². The second-order valence-electron chi connectivity index (χ2n) is 5.61. The summed E-state index contributed by atoms with van der Waals surface area (Å²) in [5, 5.41) is 13.7. The number of anilines is 2. The van der Waals surface area contributed by atoms with Crippen molar-refractivity contribution in [3.63, 3.8) is 0 Å². The Kier molecular flexibility index (Phi) is 4.42. The molecular formula is C13H20ClN5O2. The Bertz CT molecular complexity index is 489. The standard InChI is InChI=1S/C13H20ClN5O2/c14-10-16-11(15-9-13(20)3-7-21-8-4-13)18-12(17-10)19-5-1-2-6-19/h20H,1-9H2,(H,15,16,17,18). The van der Waals surface area contributed by atoms with E-state index < -0.39 is 5.60 Å². The first-order valence-corrected chi connectivity index (χ1v) is 7.73. The van der Waals surface area contributed by atoms with E-state index >= 15 is 0 Å². The second-order valence-corrected chi connectivity index (χ2v) is 5.95. The van der Waals surface area contributed by atoms with Gasteiger partial charge in [-0.1, -0.05) is 0 Å². The maximum absolute atomic E-state index is 10.4. The van der Waals surface area contributed by atoms with Gasteiger partial charge in [0.1, 0.15) is 0 Å². The highest BCUT2D eigenvalue weighted by molar-refractivity contribution is 6.28. The van der Waals surface area contributed by atoms with Gasteiger partial charge in [-0.3, -0.25) is 0 Å². The Balaban J connectivity index is 1.67. The summed E-state index contributed by atoms with van der Waals surface area (Å²) in [5.74, 6) is 1.02. The molecule has 2 aliphatic rings. The van der Waals surface area contributed by atoms with Crippen LogP contribution in [0.15, 0.2) is 0 Å². The van der Waals surface area contributed by atoms with Gasteiger partial charge in [0.15, 0.2) is 0 Å². The minimum Gasteiger partial charge on any atom is -0.388 e. The van der Waals surface area contributed by atoms with Crippen LogP contribution in [-0.4, -0.2) is 58.5 Å². The molecule has 21 heavy (non-hydrogen) atoms. The van der Waals surface area contributed by atoms with E-state index in [4.69, 9.17) is 16.3 Å². The molecule has 2 fully saturated rings. The van der Waals surface area contributed by atoms with E-state index in [-0.39, 0.29) is 5.28 Å². The van der Waals surface area contributed by atoms with E-state index in [0.29, 0.717) is 44.5 Å². The Hall–Kier alpha value is -1.18. The van der Waals surface area contributed by atoms with Gasteiger partial charge in [-0.15, -0.1) is 0 Å². The SMILES string of the molecule is OC1(CNc2nc(Cl)nc(N3CCCC3)n2)CCOCC1. The normalized spacial score (nSPS) is 21.5. The fraction of sp³-hybridized carbons (Fsp3) is 0.769. The summed E-state index contributed by atoms with van der Waals surface area (Å²) in [7, 11) is 0. The van der Waals surface area contributed by atoms with Crippen molar-refractivity contribution >= 4 is 23.5 Å². The lowest BCUT2D eigenvalue weighted by Gasteiger charge is -2.32.